The van der Waals surface area contributed by atoms with Gasteiger partial charge in [-0.05, 0) is 169 Å². The van der Waals surface area contributed by atoms with E-state index in [0.29, 0.717) is 5.92 Å². The highest BCUT2D eigenvalue weighted by atomic mass is 32.1. The molecular formula is C114H96O2S4. The predicted octanol–water partition coefficient (Wildman–Crippen LogP) is 36.0. The molecule has 0 N–H and O–H groups in total. The number of thiophene rings is 4. The summed E-state index contributed by atoms with van der Waals surface area (Å²) >= 11 is 7.70. The summed E-state index contributed by atoms with van der Waals surface area (Å²) in [5.74, 6) is 1.48. The molecule has 2 aliphatic carbocycles. The van der Waals surface area contributed by atoms with Gasteiger partial charge < -0.3 is 8.83 Å². The van der Waals surface area contributed by atoms with E-state index in [1.807, 2.05) is 51.4 Å². The summed E-state index contributed by atoms with van der Waals surface area (Å²) < 4.78 is 23.8. The van der Waals surface area contributed by atoms with Crippen LogP contribution in [0.3, 0.4) is 0 Å². The van der Waals surface area contributed by atoms with Crippen molar-refractivity contribution in [1.29, 1.82) is 0 Å². The summed E-state index contributed by atoms with van der Waals surface area (Å²) in [7, 11) is 0. The van der Waals surface area contributed by atoms with E-state index in [1.54, 1.807) is 10.3 Å². The Morgan fingerprint density at radius 1 is 0.208 bits per heavy atom. The molecule has 6 aromatic heterocycles. The van der Waals surface area contributed by atoms with Gasteiger partial charge in [-0.2, -0.15) is 0 Å². The van der Waals surface area contributed by atoms with Gasteiger partial charge in [-0.25, -0.2) is 0 Å². The van der Waals surface area contributed by atoms with Gasteiger partial charge in [-0.3, -0.25) is 0 Å². The highest BCUT2D eigenvalue weighted by Gasteiger charge is 2.24. The van der Waals surface area contributed by atoms with Gasteiger partial charge in [-0.1, -0.05) is 372 Å². The van der Waals surface area contributed by atoms with Crippen molar-refractivity contribution in [3.63, 3.8) is 0 Å². The molecule has 120 heavy (non-hydrogen) atoms. The molecule has 6 heterocycles. The third-order valence-electron chi connectivity index (χ3n) is 24.8. The second-order valence-electron chi connectivity index (χ2n) is 32.7. The maximum Gasteiger partial charge on any atom is 0.143 e. The zero-order chi connectivity index (χ0) is 81.2. The van der Waals surface area contributed by atoms with Crippen molar-refractivity contribution in [2.75, 3.05) is 0 Å². The summed E-state index contributed by atoms with van der Waals surface area (Å²) in [6.07, 6.45) is 13.8. The molecule has 0 saturated heterocycles. The fourth-order valence-electron chi connectivity index (χ4n) is 18.7. The molecule has 16 aromatic carbocycles. The van der Waals surface area contributed by atoms with Crippen molar-refractivity contribution in [3.05, 3.63) is 384 Å². The Labute approximate surface area is 719 Å². The van der Waals surface area contributed by atoms with E-state index in [0.717, 1.165) is 33.8 Å². The van der Waals surface area contributed by atoms with E-state index < -0.39 is 0 Å². The van der Waals surface area contributed by atoms with Crippen molar-refractivity contribution in [1.82, 2.24) is 0 Å². The zero-order valence-corrected chi connectivity index (χ0v) is 72.3. The fourth-order valence-corrected chi connectivity index (χ4v) is 23.8. The number of rotatable bonds is 6. The lowest BCUT2D eigenvalue weighted by molar-refractivity contribution is 0.442. The highest BCUT2D eigenvalue weighted by Crippen LogP contribution is 2.48. The SMILES string of the molecule is Cc1cccc(-c2cccc3c2sc2ccccc23)c1.Cc1cccc2c1oc1c(-c3ccccc3)cccc12.Cc1cccc2c1oc1c(C3CCCCC3)cccc12.Cc1cccc2c1sc1c(-c3ccccc3)cccc12.Cc1cccc2c1sc1c(C3CCCCC3)cccc12.Cc1ccccc1-c1cccc2c1sc1ccccc12. The maximum absolute atomic E-state index is 6.27. The minimum atomic E-state index is 0.688. The standard InChI is InChI=1S/C19H20O.C19H14O.2C19H14S.C19H20S.C19H14S/c2*1-13-7-5-11-16-17-12-6-10-15(19(17)20-18(13)16)14-8-3-2-4-9-14;1-13-6-4-7-14(12-13)15-9-5-10-17-16-8-2-3-11-18(16)20-19(15)17;1-13-7-2-3-8-14(13)16-10-6-11-17-15-9-4-5-12-18(15)20-19(16)17;2*1-13-7-5-11-16-17-12-6-10-15(19(17)20-18(13)16)14-8-3-2-4-9-14/h5-7,10-12,14H,2-4,8-9H2,1H3;3*2-12H,1H3;5-7,10-12,14H,2-4,8-9H2,1H3;2-12H,1H3. The minimum absolute atomic E-state index is 0.688. The molecule has 6 heteroatoms. The molecule has 2 fully saturated rings. The third kappa shape index (κ3) is 15.5. The molecule has 0 bridgehead atoms. The number of para-hydroxylation sites is 4. The Hall–Kier alpha value is -12.0. The molecule has 0 aliphatic heterocycles. The third-order valence-corrected chi connectivity index (χ3v) is 30.0. The molecule has 2 nitrogen and oxygen atoms in total. The Morgan fingerprint density at radius 2 is 0.542 bits per heavy atom. The van der Waals surface area contributed by atoms with Gasteiger partial charge in [0.15, 0.2) is 0 Å². The smallest absolute Gasteiger partial charge is 0.143 e. The van der Waals surface area contributed by atoms with E-state index in [9.17, 15) is 0 Å². The molecule has 0 spiro atoms. The van der Waals surface area contributed by atoms with Crippen molar-refractivity contribution in [2.45, 2.75) is 118 Å². The first-order valence-corrected chi connectivity index (χ1v) is 46.0. The normalized spacial score (nSPS) is 13.2. The van der Waals surface area contributed by atoms with Gasteiger partial charge >= 0.3 is 0 Å². The summed E-state index contributed by atoms with van der Waals surface area (Å²) in [5.41, 5.74) is 25.3. The monoisotopic (exact) mass is 1620 g/mol. The van der Waals surface area contributed by atoms with Gasteiger partial charge in [0.05, 0.1) is 0 Å². The molecule has 2 aliphatic rings. The van der Waals surface area contributed by atoms with Gasteiger partial charge in [0.2, 0.25) is 0 Å². The van der Waals surface area contributed by atoms with Crippen molar-refractivity contribution in [3.8, 4) is 44.5 Å². The topological polar surface area (TPSA) is 26.3 Å². The minimum Gasteiger partial charge on any atom is -0.455 e. The molecule has 0 atom stereocenters. The number of aryl methyl sites for hydroxylation is 6. The van der Waals surface area contributed by atoms with Crippen LogP contribution in [0.4, 0.5) is 0 Å². The molecule has 24 rings (SSSR count). The quantitative estimate of drug-likeness (QED) is 0.166. The predicted molar refractivity (Wildman–Crippen MR) is 527 cm³/mol. The Kier molecular flexibility index (Phi) is 22.6. The Bertz CT molecular complexity index is 7160. The summed E-state index contributed by atoms with van der Waals surface area (Å²) in [4.78, 5) is 0. The molecule has 0 amide bonds. The average Bonchev–Trinajstić information content (AvgIpc) is 1.63. The lowest BCUT2D eigenvalue weighted by Gasteiger charge is -2.22. The van der Waals surface area contributed by atoms with Crippen LogP contribution in [0, 0.1) is 41.5 Å². The summed E-state index contributed by atoms with van der Waals surface area (Å²) in [6, 6.07) is 122. The van der Waals surface area contributed by atoms with E-state index >= 15 is 0 Å². The highest BCUT2D eigenvalue weighted by molar-refractivity contribution is 7.27. The maximum atomic E-state index is 6.27. The lowest BCUT2D eigenvalue weighted by atomic mass is 9.83. The molecular weight excluding hydrogens is 1530 g/mol. The largest absolute Gasteiger partial charge is 0.455 e. The number of furan rings is 2. The van der Waals surface area contributed by atoms with Crippen molar-refractivity contribution >= 4 is 170 Å². The number of benzene rings is 16. The van der Waals surface area contributed by atoms with Crippen molar-refractivity contribution in [2.24, 2.45) is 0 Å². The molecule has 2 saturated carbocycles. The van der Waals surface area contributed by atoms with Crippen LogP contribution in [-0.2, 0) is 0 Å². The van der Waals surface area contributed by atoms with Gasteiger partial charge in [0.1, 0.15) is 22.3 Å². The molecule has 0 radical (unpaired) electrons. The Morgan fingerprint density at radius 3 is 1.09 bits per heavy atom. The first kappa shape index (κ1) is 77.9. The van der Waals surface area contributed by atoms with E-state index in [2.05, 4.69) is 375 Å². The summed E-state index contributed by atoms with van der Waals surface area (Å²) in [5, 5.41) is 16.0. The summed E-state index contributed by atoms with van der Waals surface area (Å²) in [6.45, 7) is 13.0. The average molecular weight is 1630 g/mol. The van der Waals surface area contributed by atoms with E-state index in [4.69, 9.17) is 8.83 Å². The van der Waals surface area contributed by atoms with Crippen LogP contribution in [0.15, 0.2) is 349 Å². The fraction of sp³-hybridized carbons (Fsp3) is 0.158. The van der Waals surface area contributed by atoms with Crippen molar-refractivity contribution < 1.29 is 8.83 Å². The number of hydrogen-bond donors (Lipinski definition) is 0. The van der Waals surface area contributed by atoms with Gasteiger partial charge in [0.25, 0.3) is 0 Å². The van der Waals surface area contributed by atoms with Crippen LogP contribution in [0.2, 0.25) is 0 Å². The number of hydrogen-bond acceptors (Lipinski definition) is 6. The van der Waals surface area contributed by atoms with Crippen LogP contribution < -0.4 is 0 Å². The first-order valence-electron chi connectivity index (χ1n) is 42.7. The van der Waals surface area contributed by atoms with Crippen LogP contribution in [0.1, 0.15) is 121 Å². The Balaban J connectivity index is 0.0000000952. The second-order valence-corrected chi connectivity index (χ2v) is 36.8. The van der Waals surface area contributed by atoms with Gasteiger partial charge in [0, 0.05) is 108 Å². The van der Waals surface area contributed by atoms with Crippen LogP contribution in [0.25, 0.3) is 169 Å². The lowest BCUT2D eigenvalue weighted by Crippen LogP contribution is -2.04. The zero-order valence-electron chi connectivity index (χ0n) is 69.0. The number of fused-ring (bicyclic) bond motifs is 18. The van der Waals surface area contributed by atoms with E-state index in [-0.39, 0.29) is 0 Å². The van der Waals surface area contributed by atoms with E-state index in [1.165, 1.54) is 240 Å². The second kappa shape index (κ2) is 34.8. The molecule has 22 aromatic rings. The van der Waals surface area contributed by atoms with Crippen LogP contribution in [-0.4, -0.2) is 0 Å². The van der Waals surface area contributed by atoms with Crippen LogP contribution >= 0.6 is 45.3 Å². The first-order chi connectivity index (χ1) is 59.0. The molecule has 0 unspecified atom stereocenters. The van der Waals surface area contributed by atoms with Gasteiger partial charge in [-0.15, -0.1) is 45.3 Å². The van der Waals surface area contributed by atoms with Crippen LogP contribution in [0.5, 0.6) is 0 Å². The molecule has 588 valence electrons.